The molecular weight excluding hydrogens is 178 g/mol. The fourth-order valence-corrected chi connectivity index (χ4v) is 1.48. The Bertz CT molecular complexity index is 403. The van der Waals surface area contributed by atoms with Gasteiger partial charge in [-0.05, 0) is 19.2 Å². The molecule has 0 aromatic carbocycles. The van der Waals surface area contributed by atoms with E-state index in [0.29, 0.717) is 0 Å². The van der Waals surface area contributed by atoms with Crippen molar-refractivity contribution in [3.8, 4) is 11.5 Å². The van der Waals surface area contributed by atoms with Gasteiger partial charge < -0.3 is 9.73 Å². The van der Waals surface area contributed by atoms with Crippen LogP contribution < -0.4 is 5.32 Å². The normalized spacial score (nSPS) is 10.7. The molecule has 14 heavy (non-hydrogen) atoms. The van der Waals surface area contributed by atoms with Crippen LogP contribution in [0.15, 0.2) is 29.0 Å². The van der Waals surface area contributed by atoms with E-state index in [1.54, 1.807) is 10.9 Å². The average Bonchev–Trinajstić information content (AvgIpc) is 2.74. The van der Waals surface area contributed by atoms with Crippen LogP contribution in [0, 0.1) is 0 Å². The van der Waals surface area contributed by atoms with E-state index in [0.717, 1.165) is 23.6 Å². The first-order chi connectivity index (χ1) is 6.81. The number of hydrogen-bond acceptors (Lipinski definition) is 3. The highest BCUT2D eigenvalue weighted by Gasteiger charge is 2.11. The Hall–Kier alpha value is -1.55. The smallest absolute Gasteiger partial charge is 0.154 e. The third-order valence-electron chi connectivity index (χ3n) is 2.03. The molecule has 1 N–H and O–H groups in total. The highest BCUT2D eigenvalue weighted by atomic mass is 16.3. The first kappa shape index (κ1) is 9.02. The standard InChI is InChI=1S/C10H13N3O/c1-11-6-8-7-13(2)12-10(8)9-4-3-5-14-9/h3-5,7,11H,6H2,1-2H3. The molecule has 0 atom stereocenters. The summed E-state index contributed by atoms with van der Waals surface area (Å²) < 4.78 is 7.11. The molecule has 2 aromatic rings. The molecular formula is C10H13N3O. The van der Waals surface area contributed by atoms with E-state index < -0.39 is 0 Å². The van der Waals surface area contributed by atoms with Crippen LogP contribution in [0.1, 0.15) is 5.56 Å². The summed E-state index contributed by atoms with van der Waals surface area (Å²) in [5.41, 5.74) is 2.05. The maximum atomic E-state index is 5.32. The maximum Gasteiger partial charge on any atom is 0.154 e. The van der Waals surface area contributed by atoms with Crippen molar-refractivity contribution in [3.63, 3.8) is 0 Å². The van der Waals surface area contributed by atoms with Crippen molar-refractivity contribution < 1.29 is 4.42 Å². The first-order valence-corrected chi connectivity index (χ1v) is 4.52. The molecule has 2 aromatic heterocycles. The van der Waals surface area contributed by atoms with Gasteiger partial charge in [0, 0.05) is 25.4 Å². The Labute approximate surface area is 82.5 Å². The largest absolute Gasteiger partial charge is 0.463 e. The molecule has 0 aliphatic rings. The van der Waals surface area contributed by atoms with Crippen LogP contribution in [0.5, 0.6) is 0 Å². The summed E-state index contributed by atoms with van der Waals surface area (Å²) in [6.07, 6.45) is 3.65. The summed E-state index contributed by atoms with van der Waals surface area (Å²) in [6, 6.07) is 3.79. The van der Waals surface area contributed by atoms with E-state index >= 15 is 0 Å². The molecule has 0 amide bonds. The van der Waals surface area contributed by atoms with Crippen molar-refractivity contribution in [3.05, 3.63) is 30.2 Å². The second-order valence-corrected chi connectivity index (χ2v) is 3.18. The van der Waals surface area contributed by atoms with Gasteiger partial charge in [-0.15, -0.1) is 0 Å². The lowest BCUT2D eigenvalue weighted by Crippen LogP contribution is -2.04. The van der Waals surface area contributed by atoms with Gasteiger partial charge in [0.05, 0.1) is 6.26 Å². The minimum absolute atomic E-state index is 0.796. The number of nitrogens with zero attached hydrogens (tertiary/aromatic N) is 2. The van der Waals surface area contributed by atoms with Crippen molar-refractivity contribution in [2.45, 2.75) is 6.54 Å². The fraction of sp³-hybridized carbons (Fsp3) is 0.300. The highest BCUT2D eigenvalue weighted by molar-refractivity contribution is 5.56. The molecule has 0 aliphatic heterocycles. The number of furan rings is 1. The minimum atomic E-state index is 0.796. The third-order valence-corrected chi connectivity index (χ3v) is 2.03. The van der Waals surface area contributed by atoms with E-state index in [9.17, 15) is 0 Å². The van der Waals surface area contributed by atoms with E-state index in [1.807, 2.05) is 32.4 Å². The molecule has 4 heteroatoms. The van der Waals surface area contributed by atoms with Crippen LogP contribution >= 0.6 is 0 Å². The van der Waals surface area contributed by atoms with Crippen molar-refractivity contribution in [2.24, 2.45) is 7.05 Å². The van der Waals surface area contributed by atoms with Gasteiger partial charge in [-0.1, -0.05) is 0 Å². The summed E-state index contributed by atoms with van der Waals surface area (Å²) in [6.45, 7) is 0.796. The zero-order valence-corrected chi connectivity index (χ0v) is 8.32. The number of rotatable bonds is 3. The van der Waals surface area contributed by atoms with Crippen LogP contribution in [0.3, 0.4) is 0 Å². The lowest BCUT2D eigenvalue weighted by molar-refractivity contribution is 0.577. The van der Waals surface area contributed by atoms with Crippen molar-refractivity contribution in [2.75, 3.05) is 7.05 Å². The molecule has 0 saturated heterocycles. The Morgan fingerprint density at radius 1 is 1.57 bits per heavy atom. The molecule has 0 bridgehead atoms. The Morgan fingerprint density at radius 3 is 3.07 bits per heavy atom. The Morgan fingerprint density at radius 2 is 2.43 bits per heavy atom. The lowest BCUT2D eigenvalue weighted by atomic mass is 10.2. The van der Waals surface area contributed by atoms with Crippen LogP contribution in [0.2, 0.25) is 0 Å². The zero-order valence-electron chi connectivity index (χ0n) is 8.32. The molecule has 0 unspecified atom stereocenters. The van der Waals surface area contributed by atoms with E-state index in [-0.39, 0.29) is 0 Å². The molecule has 4 nitrogen and oxygen atoms in total. The summed E-state index contributed by atoms with van der Waals surface area (Å²) in [5, 5.41) is 7.46. The molecule has 0 saturated carbocycles. The molecule has 0 fully saturated rings. The quantitative estimate of drug-likeness (QED) is 0.797. The summed E-state index contributed by atoms with van der Waals surface area (Å²) in [4.78, 5) is 0. The van der Waals surface area contributed by atoms with Crippen LogP contribution in [0.25, 0.3) is 11.5 Å². The van der Waals surface area contributed by atoms with Crippen LogP contribution in [-0.2, 0) is 13.6 Å². The van der Waals surface area contributed by atoms with Crippen molar-refractivity contribution >= 4 is 0 Å². The van der Waals surface area contributed by atoms with Gasteiger partial charge in [-0.2, -0.15) is 5.10 Å². The summed E-state index contributed by atoms with van der Waals surface area (Å²) in [5.74, 6) is 0.816. The second kappa shape index (κ2) is 3.67. The highest BCUT2D eigenvalue weighted by Crippen LogP contribution is 2.21. The zero-order chi connectivity index (χ0) is 9.97. The van der Waals surface area contributed by atoms with E-state index in [4.69, 9.17) is 4.42 Å². The number of nitrogens with one attached hydrogen (secondary N) is 1. The van der Waals surface area contributed by atoms with Gasteiger partial charge in [0.15, 0.2) is 5.76 Å². The number of aromatic nitrogens is 2. The van der Waals surface area contributed by atoms with Crippen LogP contribution in [0.4, 0.5) is 0 Å². The summed E-state index contributed by atoms with van der Waals surface area (Å²) >= 11 is 0. The van der Waals surface area contributed by atoms with Gasteiger partial charge >= 0.3 is 0 Å². The molecule has 0 aliphatic carbocycles. The van der Waals surface area contributed by atoms with Crippen molar-refractivity contribution in [1.29, 1.82) is 0 Å². The number of aryl methyl sites for hydroxylation is 1. The maximum absolute atomic E-state index is 5.32. The molecule has 74 valence electrons. The van der Waals surface area contributed by atoms with E-state index in [1.165, 1.54) is 0 Å². The Balaban J connectivity index is 2.41. The third kappa shape index (κ3) is 1.56. The molecule has 2 heterocycles. The van der Waals surface area contributed by atoms with Gasteiger partial charge in [-0.25, -0.2) is 0 Å². The fourth-order valence-electron chi connectivity index (χ4n) is 1.48. The van der Waals surface area contributed by atoms with Gasteiger partial charge in [-0.3, -0.25) is 4.68 Å². The molecule has 0 spiro atoms. The van der Waals surface area contributed by atoms with E-state index in [2.05, 4.69) is 10.4 Å². The molecule has 0 radical (unpaired) electrons. The Kier molecular flexibility index (Phi) is 2.37. The minimum Gasteiger partial charge on any atom is -0.463 e. The van der Waals surface area contributed by atoms with Crippen molar-refractivity contribution in [1.82, 2.24) is 15.1 Å². The average molecular weight is 191 g/mol. The topological polar surface area (TPSA) is 43.0 Å². The van der Waals surface area contributed by atoms with Gasteiger partial charge in [0.2, 0.25) is 0 Å². The summed E-state index contributed by atoms with van der Waals surface area (Å²) in [7, 11) is 3.82. The first-order valence-electron chi connectivity index (χ1n) is 4.52. The monoisotopic (exact) mass is 191 g/mol. The lowest BCUT2D eigenvalue weighted by Gasteiger charge is -1.96. The van der Waals surface area contributed by atoms with Gasteiger partial charge in [0.1, 0.15) is 5.69 Å². The molecule has 2 rings (SSSR count). The second-order valence-electron chi connectivity index (χ2n) is 3.18. The van der Waals surface area contributed by atoms with Gasteiger partial charge in [0.25, 0.3) is 0 Å². The number of hydrogen-bond donors (Lipinski definition) is 1. The van der Waals surface area contributed by atoms with Crippen LogP contribution in [-0.4, -0.2) is 16.8 Å². The SMILES string of the molecule is CNCc1cn(C)nc1-c1ccco1. The predicted octanol–water partition coefficient (Wildman–Crippen LogP) is 1.40. The predicted molar refractivity (Wildman–Crippen MR) is 53.7 cm³/mol.